The summed E-state index contributed by atoms with van der Waals surface area (Å²) >= 11 is 24.0. The summed E-state index contributed by atoms with van der Waals surface area (Å²) in [4.78, 5) is 0. The zero-order valence-corrected chi connectivity index (χ0v) is 26.5. The van der Waals surface area contributed by atoms with Gasteiger partial charge in [0.25, 0.3) is 0 Å². The minimum Gasteiger partial charge on any atom is -0.118 e. The predicted molar refractivity (Wildman–Crippen MR) is 168 cm³/mol. The van der Waals surface area contributed by atoms with Crippen LogP contribution in [0.2, 0.25) is 0 Å². The molecule has 0 saturated heterocycles. The van der Waals surface area contributed by atoms with Crippen molar-refractivity contribution in [1.82, 2.24) is 0 Å². The summed E-state index contributed by atoms with van der Waals surface area (Å²) in [5.74, 6) is 4.60. The summed E-state index contributed by atoms with van der Waals surface area (Å²) < 4.78 is 15.0. The van der Waals surface area contributed by atoms with E-state index in [0.717, 1.165) is 23.0 Å². The highest BCUT2D eigenvalue weighted by atomic mass is 32.3. The second-order valence-corrected chi connectivity index (χ2v) is 21.3. The van der Waals surface area contributed by atoms with Crippen molar-refractivity contribution in [2.75, 3.05) is 23.0 Å². The van der Waals surface area contributed by atoms with Crippen molar-refractivity contribution in [2.45, 2.75) is 27.7 Å². The maximum absolute atomic E-state index is 2.25. The van der Waals surface area contributed by atoms with Crippen LogP contribution < -0.4 is 0 Å². The Hall–Kier alpha value is 2.90. The lowest BCUT2D eigenvalue weighted by Crippen LogP contribution is -1.72. The largest absolute Gasteiger partial charge is 0.118 e. The van der Waals surface area contributed by atoms with Crippen LogP contribution in [0.1, 0.15) is 27.7 Å². The molecule has 0 N–H and O–H groups in total. The van der Waals surface area contributed by atoms with Crippen molar-refractivity contribution >= 4 is 141 Å². The van der Waals surface area contributed by atoms with Crippen molar-refractivity contribution < 1.29 is 0 Å². The summed E-state index contributed by atoms with van der Waals surface area (Å²) in [5.41, 5.74) is 0. The number of hydrogen-bond donors (Lipinski definition) is 0. The second kappa shape index (κ2) is 12.7. The summed E-state index contributed by atoms with van der Waals surface area (Å²) in [5, 5.41) is 0. The van der Waals surface area contributed by atoms with E-state index >= 15 is 0 Å². The second-order valence-electron chi connectivity index (χ2n) is 5.42. The summed E-state index contributed by atoms with van der Waals surface area (Å²) in [6.07, 6.45) is 0. The van der Waals surface area contributed by atoms with E-state index in [9.17, 15) is 0 Å². The van der Waals surface area contributed by atoms with Crippen LogP contribution in [-0.2, 0) is 0 Å². The molecule has 0 bridgehead atoms. The average Bonchev–Trinajstić information content (AvgIpc) is 3.46. The molecule has 0 aromatic carbocycles. The van der Waals surface area contributed by atoms with Gasteiger partial charge in [-0.25, -0.2) is 0 Å². The Morgan fingerprint density at radius 3 is 0.767 bits per heavy atom. The van der Waals surface area contributed by atoms with E-state index in [0.29, 0.717) is 0 Å². The van der Waals surface area contributed by atoms with E-state index < -0.39 is 0 Å². The molecule has 164 valence electrons. The van der Waals surface area contributed by atoms with Gasteiger partial charge in [0.2, 0.25) is 0 Å². The summed E-state index contributed by atoms with van der Waals surface area (Å²) in [7, 11) is 0. The first-order valence-electron chi connectivity index (χ1n) is 9.32. The van der Waals surface area contributed by atoms with E-state index in [-0.39, 0.29) is 0 Å². The third kappa shape index (κ3) is 6.17. The smallest absolute Gasteiger partial charge is 0.0718 e. The maximum atomic E-state index is 2.25. The Balaban J connectivity index is 1.41. The average molecular weight is 621 g/mol. The first kappa shape index (κ1) is 26.0. The molecule has 0 unspecified atom stereocenters. The molecule has 4 heterocycles. The van der Waals surface area contributed by atoms with Crippen LogP contribution in [0.25, 0.3) is 0 Å². The molecule has 0 radical (unpaired) electrons. The van der Waals surface area contributed by atoms with Crippen LogP contribution in [0.5, 0.6) is 0 Å². The highest BCUT2D eigenvalue weighted by Gasteiger charge is 2.37. The normalized spacial score (nSPS) is 22.0. The number of thioether (sulfide) groups is 12. The Morgan fingerprint density at radius 1 is 0.367 bits per heavy atom. The Bertz CT molecular complexity index is 732. The fraction of sp³-hybridized carbons (Fsp3) is 0.444. The molecule has 0 aliphatic carbocycles. The quantitative estimate of drug-likeness (QED) is 0.253. The van der Waals surface area contributed by atoms with Gasteiger partial charge in [-0.05, 0) is 23.0 Å². The third-order valence-electron chi connectivity index (χ3n) is 3.42. The lowest BCUT2D eigenvalue weighted by molar-refractivity contribution is 1.53. The SMILES string of the molecule is CCSC1=C(SCC)SC(=C2SC3=C(S2)SC(=C2SC(SCC)=C(SCC)S2)S3)S1. The molecule has 4 rings (SSSR count). The van der Waals surface area contributed by atoms with Gasteiger partial charge in [0.1, 0.15) is 0 Å². The standard InChI is InChI=1S/C18H20S12/c1-5-19-9-10(20-6-2)24-13(23-9)15-27-17-18(28-15)30-16(29-17)14-25-11(21-7-3)12(26-14)22-8-4/h5-8H2,1-4H3. The van der Waals surface area contributed by atoms with Gasteiger partial charge < -0.3 is 0 Å². The molecule has 4 aliphatic heterocycles. The number of rotatable bonds is 8. The van der Waals surface area contributed by atoms with E-state index in [4.69, 9.17) is 0 Å². The van der Waals surface area contributed by atoms with Crippen molar-refractivity contribution in [1.29, 1.82) is 0 Å². The first-order chi connectivity index (χ1) is 14.7. The zero-order valence-electron chi connectivity index (χ0n) is 16.7. The minimum absolute atomic E-state index is 1.15. The van der Waals surface area contributed by atoms with E-state index in [1.54, 1.807) is 0 Å². The fourth-order valence-corrected chi connectivity index (χ4v) is 20.6. The molecule has 0 saturated carbocycles. The van der Waals surface area contributed by atoms with E-state index in [1.165, 1.54) is 42.4 Å². The maximum Gasteiger partial charge on any atom is 0.0718 e. The molecule has 0 fully saturated rings. The van der Waals surface area contributed by atoms with Crippen molar-refractivity contribution in [3.8, 4) is 0 Å². The van der Waals surface area contributed by atoms with Gasteiger partial charge in [-0.2, -0.15) is 0 Å². The van der Waals surface area contributed by atoms with Crippen molar-refractivity contribution in [3.63, 3.8) is 0 Å². The number of hydrogen-bond acceptors (Lipinski definition) is 12. The van der Waals surface area contributed by atoms with Gasteiger partial charge in [-0.1, -0.05) is 122 Å². The molecule has 4 aliphatic rings. The van der Waals surface area contributed by atoms with Gasteiger partial charge in [0.15, 0.2) is 0 Å². The van der Waals surface area contributed by atoms with Crippen LogP contribution >= 0.6 is 141 Å². The predicted octanol–water partition coefficient (Wildman–Crippen LogP) is 11.6. The van der Waals surface area contributed by atoms with Crippen LogP contribution in [0.4, 0.5) is 0 Å². The van der Waals surface area contributed by atoms with Gasteiger partial charge >= 0.3 is 0 Å². The van der Waals surface area contributed by atoms with Crippen LogP contribution in [-0.4, -0.2) is 23.0 Å². The fourth-order valence-electron chi connectivity index (χ4n) is 2.34. The molecule has 0 atom stereocenters. The van der Waals surface area contributed by atoms with Gasteiger partial charge in [0, 0.05) is 0 Å². The topological polar surface area (TPSA) is 0 Å². The van der Waals surface area contributed by atoms with E-state index in [2.05, 4.69) is 27.7 Å². The van der Waals surface area contributed by atoms with Gasteiger partial charge in [-0.3, -0.25) is 0 Å². The lowest BCUT2D eigenvalue weighted by Gasteiger charge is -2.07. The summed E-state index contributed by atoms with van der Waals surface area (Å²) in [6, 6.07) is 0. The monoisotopic (exact) mass is 620 g/mol. The van der Waals surface area contributed by atoms with Gasteiger partial charge in [-0.15, -0.1) is 47.0 Å². The molecule has 12 heteroatoms. The molecular weight excluding hydrogens is 601 g/mol. The Kier molecular flexibility index (Phi) is 11.0. The first-order valence-corrected chi connectivity index (χ1v) is 19.8. The highest BCUT2D eigenvalue weighted by molar-refractivity contribution is 8.51. The summed E-state index contributed by atoms with van der Waals surface area (Å²) in [6.45, 7) is 9.01. The molecule has 0 aromatic heterocycles. The van der Waals surface area contributed by atoms with Crippen LogP contribution in [0.15, 0.2) is 42.4 Å². The van der Waals surface area contributed by atoms with Crippen molar-refractivity contribution in [2.24, 2.45) is 0 Å². The molecule has 0 spiro atoms. The Morgan fingerprint density at radius 2 is 0.567 bits per heavy atom. The zero-order chi connectivity index (χ0) is 21.1. The minimum atomic E-state index is 1.15. The lowest BCUT2D eigenvalue weighted by atomic mass is 11.0. The molecule has 0 nitrogen and oxygen atoms in total. The van der Waals surface area contributed by atoms with E-state index in [1.807, 2.05) is 141 Å². The van der Waals surface area contributed by atoms with Crippen LogP contribution in [0, 0.1) is 0 Å². The van der Waals surface area contributed by atoms with Crippen molar-refractivity contribution in [3.05, 3.63) is 42.4 Å². The highest BCUT2D eigenvalue weighted by Crippen LogP contribution is 2.73. The molecular formula is C18H20S12. The Labute approximate surface area is 231 Å². The van der Waals surface area contributed by atoms with Crippen LogP contribution in [0.3, 0.4) is 0 Å². The van der Waals surface area contributed by atoms with Gasteiger partial charge in [0.05, 0.1) is 42.4 Å². The molecule has 0 amide bonds. The molecule has 30 heavy (non-hydrogen) atoms. The molecule has 0 aromatic rings. The third-order valence-corrected chi connectivity index (χ3v) is 20.7.